The summed E-state index contributed by atoms with van der Waals surface area (Å²) in [5.74, 6) is -3.24. The van der Waals surface area contributed by atoms with E-state index in [-0.39, 0.29) is 25.2 Å². The van der Waals surface area contributed by atoms with Gasteiger partial charge >= 0.3 is 17.9 Å². The second-order valence-corrected chi connectivity index (χ2v) is 9.76. The Labute approximate surface area is 218 Å². The topological polar surface area (TPSA) is 97.4 Å². The number of hydrogen-bond acceptors (Lipinski definition) is 8. The quantitative estimate of drug-likeness (QED) is 0.0886. The van der Waals surface area contributed by atoms with E-state index in [1.165, 1.54) is 6.42 Å². The van der Waals surface area contributed by atoms with E-state index in [4.69, 9.17) is 23.7 Å². The second-order valence-electron chi connectivity index (χ2n) is 9.76. The molecule has 0 aromatic heterocycles. The maximum atomic E-state index is 13.3. The highest BCUT2D eigenvalue weighted by Gasteiger charge is 2.61. The number of ether oxygens (including phenoxy) is 5. The minimum atomic E-state index is -2.13. The lowest BCUT2D eigenvalue weighted by Gasteiger charge is -2.40. The molecule has 1 atom stereocenters. The van der Waals surface area contributed by atoms with Gasteiger partial charge in [0.05, 0.1) is 39.6 Å². The molecule has 1 aliphatic heterocycles. The van der Waals surface area contributed by atoms with Crippen LogP contribution in [-0.4, -0.2) is 64.2 Å². The van der Waals surface area contributed by atoms with Crippen molar-refractivity contribution in [1.29, 1.82) is 0 Å². The Morgan fingerprint density at radius 2 is 1.25 bits per heavy atom. The molecular formula is C28H50O8. The van der Waals surface area contributed by atoms with Gasteiger partial charge in [-0.1, -0.05) is 52.4 Å². The van der Waals surface area contributed by atoms with Crippen molar-refractivity contribution < 1.29 is 38.1 Å². The fraction of sp³-hybridized carbons (Fsp3) is 0.893. The third kappa shape index (κ3) is 9.02. The van der Waals surface area contributed by atoms with Crippen molar-refractivity contribution in [3.05, 3.63) is 0 Å². The van der Waals surface area contributed by atoms with Crippen LogP contribution in [0.4, 0.5) is 0 Å². The van der Waals surface area contributed by atoms with Gasteiger partial charge in [-0.25, -0.2) is 0 Å². The molecule has 0 saturated carbocycles. The fourth-order valence-electron chi connectivity index (χ4n) is 4.73. The number of carbonyl (C=O) groups excluding carboxylic acids is 3. The van der Waals surface area contributed by atoms with Gasteiger partial charge in [-0.3, -0.25) is 14.4 Å². The molecule has 0 amide bonds. The maximum Gasteiger partial charge on any atom is 0.335 e. The molecule has 0 spiro atoms. The third-order valence-electron chi connectivity index (χ3n) is 7.13. The highest BCUT2D eigenvalue weighted by atomic mass is 16.6. The number of rotatable bonds is 21. The molecular weight excluding hydrogens is 464 g/mol. The predicted molar refractivity (Wildman–Crippen MR) is 137 cm³/mol. The van der Waals surface area contributed by atoms with Crippen LogP contribution in [0.5, 0.6) is 0 Å². The first-order valence-electron chi connectivity index (χ1n) is 14.1. The SMILES string of the molecule is CCCCCCCCC(CCCOCC1(CC)COC1)C(C(=O)OCC)(C(=O)OCC)C(=O)OCC. The summed E-state index contributed by atoms with van der Waals surface area (Å²) in [6, 6.07) is 0. The first-order valence-corrected chi connectivity index (χ1v) is 14.1. The lowest BCUT2D eigenvalue weighted by molar-refractivity contribution is -0.189. The number of carbonyl (C=O) groups is 3. The van der Waals surface area contributed by atoms with E-state index >= 15 is 0 Å². The van der Waals surface area contributed by atoms with Gasteiger partial charge in [-0.05, 0) is 52.4 Å². The van der Waals surface area contributed by atoms with Crippen molar-refractivity contribution in [2.75, 3.05) is 46.2 Å². The van der Waals surface area contributed by atoms with E-state index in [0.29, 0.717) is 45.7 Å². The molecule has 0 N–H and O–H groups in total. The van der Waals surface area contributed by atoms with Crippen LogP contribution in [0.1, 0.15) is 98.8 Å². The van der Waals surface area contributed by atoms with Crippen molar-refractivity contribution in [2.24, 2.45) is 16.7 Å². The summed E-state index contributed by atoms with van der Waals surface area (Å²) in [7, 11) is 0. The Bertz CT molecular complexity index is 592. The molecule has 0 aliphatic carbocycles. The normalized spacial score (nSPS) is 15.6. The molecule has 8 nitrogen and oxygen atoms in total. The first kappa shape index (κ1) is 32.4. The Morgan fingerprint density at radius 3 is 1.69 bits per heavy atom. The van der Waals surface area contributed by atoms with Crippen LogP contribution in [-0.2, 0) is 38.1 Å². The van der Waals surface area contributed by atoms with Gasteiger partial charge in [0.2, 0.25) is 0 Å². The van der Waals surface area contributed by atoms with Crippen LogP contribution in [0.3, 0.4) is 0 Å². The molecule has 1 rings (SSSR count). The second kappa shape index (κ2) is 17.7. The molecule has 210 valence electrons. The summed E-state index contributed by atoms with van der Waals surface area (Å²) >= 11 is 0. The summed E-state index contributed by atoms with van der Waals surface area (Å²) < 4.78 is 27.2. The average molecular weight is 515 g/mol. The van der Waals surface area contributed by atoms with Gasteiger partial charge in [-0.15, -0.1) is 0 Å². The van der Waals surface area contributed by atoms with E-state index in [1.807, 2.05) is 0 Å². The standard InChI is InChI=1S/C28H50O8/c1-6-11-12-13-14-15-17-23(18-16-19-32-20-27(7-2)21-33-22-27)28(24(29)34-8-3,25(30)35-9-4)26(31)36-10-5/h23H,6-22H2,1-5H3. The van der Waals surface area contributed by atoms with Crippen LogP contribution < -0.4 is 0 Å². The van der Waals surface area contributed by atoms with Crippen molar-refractivity contribution in [2.45, 2.75) is 98.8 Å². The van der Waals surface area contributed by atoms with Crippen LogP contribution in [0.15, 0.2) is 0 Å². The predicted octanol–water partition coefficient (Wildman–Crippen LogP) is 5.25. The van der Waals surface area contributed by atoms with Gasteiger partial charge in [-0.2, -0.15) is 0 Å². The molecule has 0 bridgehead atoms. The molecule has 0 radical (unpaired) electrons. The molecule has 1 unspecified atom stereocenters. The number of esters is 3. The Hall–Kier alpha value is -1.67. The molecule has 1 fully saturated rings. The maximum absolute atomic E-state index is 13.3. The van der Waals surface area contributed by atoms with Crippen LogP contribution in [0.25, 0.3) is 0 Å². The van der Waals surface area contributed by atoms with Crippen LogP contribution in [0.2, 0.25) is 0 Å². The van der Waals surface area contributed by atoms with Crippen LogP contribution >= 0.6 is 0 Å². The van der Waals surface area contributed by atoms with Crippen LogP contribution in [0, 0.1) is 16.7 Å². The first-order chi connectivity index (χ1) is 17.4. The monoisotopic (exact) mass is 514 g/mol. The van der Waals surface area contributed by atoms with Crippen molar-refractivity contribution in [1.82, 2.24) is 0 Å². The highest BCUT2D eigenvalue weighted by molar-refractivity contribution is 6.18. The van der Waals surface area contributed by atoms with Crippen molar-refractivity contribution in [3.63, 3.8) is 0 Å². The van der Waals surface area contributed by atoms with E-state index < -0.39 is 29.2 Å². The number of unbranched alkanes of at least 4 members (excludes halogenated alkanes) is 5. The van der Waals surface area contributed by atoms with E-state index in [0.717, 1.165) is 38.5 Å². The summed E-state index contributed by atoms with van der Waals surface area (Å²) in [6.45, 7) is 11.9. The van der Waals surface area contributed by atoms with Gasteiger partial charge in [0.25, 0.3) is 5.41 Å². The highest BCUT2D eigenvalue weighted by Crippen LogP contribution is 2.40. The Balaban J connectivity index is 3.08. The third-order valence-corrected chi connectivity index (χ3v) is 7.13. The summed E-state index contributed by atoms with van der Waals surface area (Å²) in [6.07, 6.45) is 8.90. The molecule has 1 aliphatic rings. The van der Waals surface area contributed by atoms with Gasteiger partial charge in [0.1, 0.15) is 0 Å². The summed E-state index contributed by atoms with van der Waals surface area (Å²) in [5, 5.41) is 0. The molecule has 0 aromatic rings. The van der Waals surface area contributed by atoms with Gasteiger partial charge in [0, 0.05) is 12.0 Å². The molecule has 0 aromatic carbocycles. The Kier molecular flexibility index (Phi) is 15.9. The zero-order chi connectivity index (χ0) is 26.9. The minimum absolute atomic E-state index is 0.0490. The lowest BCUT2D eigenvalue weighted by Crippen LogP contribution is -2.54. The van der Waals surface area contributed by atoms with E-state index in [1.54, 1.807) is 20.8 Å². The van der Waals surface area contributed by atoms with E-state index in [9.17, 15) is 14.4 Å². The molecule has 1 saturated heterocycles. The van der Waals surface area contributed by atoms with Crippen molar-refractivity contribution in [3.8, 4) is 0 Å². The minimum Gasteiger partial charge on any atom is -0.465 e. The zero-order valence-electron chi connectivity index (χ0n) is 23.4. The summed E-state index contributed by atoms with van der Waals surface area (Å²) in [4.78, 5) is 40.0. The lowest BCUT2D eigenvalue weighted by atomic mass is 9.70. The zero-order valence-corrected chi connectivity index (χ0v) is 23.4. The van der Waals surface area contributed by atoms with E-state index in [2.05, 4.69) is 13.8 Å². The molecule has 36 heavy (non-hydrogen) atoms. The Morgan fingerprint density at radius 1 is 0.750 bits per heavy atom. The molecule has 1 heterocycles. The largest absolute Gasteiger partial charge is 0.465 e. The number of hydrogen-bond donors (Lipinski definition) is 0. The molecule has 8 heteroatoms. The smallest absolute Gasteiger partial charge is 0.335 e. The summed E-state index contributed by atoms with van der Waals surface area (Å²) in [5.41, 5.74) is -2.04. The average Bonchev–Trinajstić information content (AvgIpc) is 2.83. The van der Waals surface area contributed by atoms with Crippen molar-refractivity contribution >= 4 is 17.9 Å². The fourth-order valence-corrected chi connectivity index (χ4v) is 4.73. The van der Waals surface area contributed by atoms with Gasteiger partial charge < -0.3 is 23.7 Å². The van der Waals surface area contributed by atoms with Gasteiger partial charge in [0.15, 0.2) is 0 Å².